The molecule has 1 aromatic carbocycles. The van der Waals surface area contributed by atoms with Crippen LogP contribution in [-0.4, -0.2) is 13.4 Å². The van der Waals surface area contributed by atoms with E-state index in [1.807, 2.05) is 0 Å². The fourth-order valence-corrected chi connectivity index (χ4v) is 3.24. The van der Waals surface area contributed by atoms with Crippen molar-refractivity contribution in [2.24, 2.45) is 0 Å². The summed E-state index contributed by atoms with van der Waals surface area (Å²) >= 11 is 1.17. The lowest BCUT2D eigenvalue weighted by atomic mass is 10.3. The van der Waals surface area contributed by atoms with Crippen molar-refractivity contribution >= 4 is 32.2 Å². The molecule has 1 aromatic heterocycles. The highest BCUT2D eigenvalue weighted by molar-refractivity contribution is 7.93. The van der Waals surface area contributed by atoms with Crippen LogP contribution in [0.1, 0.15) is 5.69 Å². The Kier molecular flexibility index (Phi) is 3.22. The third kappa shape index (κ3) is 2.59. The fourth-order valence-electron chi connectivity index (χ4n) is 1.26. The van der Waals surface area contributed by atoms with Gasteiger partial charge in [0.2, 0.25) is 0 Å². The molecule has 96 valence electrons. The van der Waals surface area contributed by atoms with Gasteiger partial charge in [-0.2, -0.15) is 0 Å². The van der Waals surface area contributed by atoms with Crippen molar-refractivity contribution in [3.05, 3.63) is 35.1 Å². The van der Waals surface area contributed by atoms with Gasteiger partial charge >= 0.3 is 0 Å². The number of halogens is 1. The van der Waals surface area contributed by atoms with Crippen molar-refractivity contribution in [1.82, 2.24) is 4.98 Å². The van der Waals surface area contributed by atoms with Gasteiger partial charge in [0.25, 0.3) is 10.0 Å². The van der Waals surface area contributed by atoms with Crippen LogP contribution in [0.2, 0.25) is 0 Å². The zero-order chi connectivity index (χ0) is 13.3. The first-order valence-electron chi connectivity index (χ1n) is 4.88. The zero-order valence-electron chi connectivity index (χ0n) is 9.34. The first kappa shape index (κ1) is 12.8. The lowest BCUT2D eigenvalue weighted by molar-refractivity contribution is 0.600. The number of thiazole rings is 1. The third-order valence-corrected chi connectivity index (χ3v) is 4.46. The molecule has 0 amide bonds. The van der Waals surface area contributed by atoms with E-state index in [0.29, 0.717) is 0 Å². The van der Waals surface area contributed by atoms with Gasteiger partial charge in [-0.3, -0.25) is 4.72 Å². The normalized spacial score (nSPS) is 11.4. The van der Waals surface area contributed by atoms with Crippen LogP contribution in [0.4, 0.5) is 15.2 Å². The maximum absolute atomic E-state index is 13.0. The summed E-state index contributed by atoms with van der Waals surface area (Å²) < 4.78 is 39.2. The number of hydrogen-bond donors (Lipinski definition) is 2. The van der Waals surface area contributed by atoms with Crippen LogP contribution in [0, 0.1) is 12.7 Å². The molecule has 0 unspecified atom stereocenters. The summed E-state index contributed by atoms with van der Waals surface area (Å²) in [5.74, 6) is -0.654. The Morgan fingerprint density at radius 1 is 1.44 bits per heavy atom. The van der Waals surface area contributed by atoms with Crippen LogP contribution in [0.15, 0.2) is 28.5 Å². The topological polar surface area (TPSA) is 85.1 Å². The van der Waals surface area contributed by atoms with Crippen molar-refractivity contribution in [3.8, 4) is 0 Å². The molecule has 18 heavy (non-hydrogen) atoms. The molecule has 8 heteroatoms. The van der Waals surface area contributed by atoms with Crippen molar-refractivity contribution in [3.63, 3.8) is 0 Å². The van der Waals surface area contributed by atoms with E-state index in [-0.39, 0.29) is 15.7 Å². The molecule has 0 saturated heterocycles. The van der Waals surface area contributed by atoms with E-state index in [9.17, 15) is 12.8 Å². The Morgan fingerprint density at radius 3 is 2.72 bits per heavy atom. The Morgan fingerprint density at radius 2 is 2.17 bits per heavy atom. The largest absolute Gasteiger partial charge is 0.396 e. The minimum absolute atomic E-state index is 0.103. The molecule has 0 radical (unpaired) electrons. The number of hydrogen-bond acceptors (Lipinski definition) is 5. The van der Waals surface area contributed by atoms with Crippen LogP contribution < -0.4 is 10.5 Å². The summed E-state index contributed by atoms with van der Waals surface area (Å²) in [6.45, 7) is 1.75. The number of sulfonamides is 1. The second-order valence-electron chi connectivity index (χ2n) is 3.58. The Hall–Kier alpha value is -1.67. The molecule has 0 bridgehead atoms. The Labute approximate surface area is 108 Å². The van der Waals surface area contributed by atoms with Gasteiger partial charge in [-0.25, -0.2) is 17.8 Å². The quantitative estimate of drug-likeness (QED) is 0.845. The molecular formula is C10H10FN3O2S2. The van der Waals surface area contributed by atoms with Gasteiger partial charge in [-0.1, -0.05) is 0 Å². The number of aromatic nitrogens is 1. The smallest absolute Gasteiger partial charge is 0.263 e. The van der Waals surface area contributed by atoms with Crippen LogP contribution in [0.5, 0.6) is 0 Å². The highest BCUT2D eigenvalue weighted by Gasteiger charge is 2.17. The molecule has 0 aliphatic heterocycles. The highest BCUT2D eigenvalue weighted by atomic mass is 32.2. The molecule has 0 aliphatic carbocycles. The lowest BCUT2D eigenvalue weighted by Gasteiger charge is -2.06. The van der Waals surface area contributed by atoms with Crippen molar-refractivity contribution in [1.29, 1.82) is 0 Å². The number of rotatable bonds is 3. The van der Waals surface area contributed by atoms with E-state index < -0.39 is 15.8 Å². The van der Waals surface area contributed by atoms with Gasteiger partial charge in [-0.15, -0.1) is 11.3 Å². The van der Waals surface area contributed by atoms with Gasteiger partial charge in [-0.05, 0) is 25.1 Å². The van der Waals surface area contributed by atoms with Gasteiger partial charge in [0.05, 0.1) is 16.3 Å². The molecule has 0 aliphatic rings. The predicted molar refractivity (Wildman–Crippen MR) is 68.5 cm³/mol. The van der Waals surface area contributed by atoms with Gasteiger partial charge in [0.1, 0.15) is 5.82 Å². The Bertz CT molecular complexity index is 682. The summed E-state index contributed by atoms with van der Waals surface area (Å²) in [7, 11) is -3.79. The van der Waals surface area contributed by atoms with Crippen LogP contribution >= 0.6 is 11.3 Å². The summed E-state index contributed by atoms with van der Waals surface area (Å²) in [4.78, 5) is 3.88. The van der Waals surface area contributed by atoms with Gasteiger partial charge in [0, 0.05) is 5.38 Å². The summed E-state index contributed by atoms with van der Waals surface area (Å²) in [6, 6.07) is 3.23. The highest BCUT2D eigenvalue weighted by Crippen LogP contribution is 2.22. The fraction of sp³-hybridized carbons (Fsp3) is 0.100. The molecule has 2 rings (SSSR count). The van der Waals surface area contributed by atoms with Crippen LogP contribution in [0.25, 0.3) is 0 Å². The monoisotopic (exact) mass is 287 g/mol. The summed E-state index contributed by atoms with van der Waals surface area (Å²) in [6.07, 6.45) is 0. The van der Waals surface area contributed by atoms with E-state index in [4.69, 9.17) is 5.73 Å². The van der Waals surface area contributed by atoms with Gasteiger partial charge in [0.15, 0.2) is 5.13 Å². The average Bonchev–Trinajstić information content (AvgIpc) is 2.67. The van der Waals surface area contributed by atoms with E-state index in [0.717, 1.165) is 23.9 Å². The second kappa shape index (κ2) is 4.54. The molecule has 0 fully saturated rings. The summed E-state index contributed by atoms with van der Waals surface area (Å²) in [5.41, 5.74) is 5.84. The number of nitrogens with zero attached hydrogens (tertiary/aromatic N) is 1. The van der Waals surface area contributed by atoms with Crippen LogP contribution in [-0.2, 0) is 10.0 Å². The average molecular weight is 287 g/mol. The zero-order valence-corrected chi connectivity index (χ0v) is 11.0. The minimum atomic E-state index is -3.79. The van der Waals surface area contributed by atoms with Crippen LogP contribution in [0.3, 0.4) is 0 Å². The minimum Gasteiger partial charge on any atom is -0.396 e. The number of nitrogens with one attached hydrogen (secondary N) is 1. The number of nitrogens with two attached hydrogens (primary N) is 1. The van der Waals surface area contributed by atoms with E-state index in [1.165, 1.54) is 11.3 Å². The third-order valence-electron chi connectivity index (χ3n) is 2.12. The maximum atomic E-state index is 13.0. The van der Waals surface area contributed by atoms with Crippen molar-refractivity contribution in [2.75, 3.05) is 10.5 Å². The number of anilines is 2. The van der Waals surface area contributed by atoms with E-state index >= 15 is 0 Å². The lowest BCUT2D eigenvalue weighted by Crippen LogP contribution is -2.13. The predicted octanol–water partition coefficient (Wildman–Crippen LogP) is 1.97. The number of benzene rings is 1. The summed E-state index contributed by atoms with van der Waals surface area (Å²) in [5, 5.41) is 1.98. The van der Waals surface area contributed by atoms with Crippen molar-refractivity contribution < 1.29 is 12.8 Å². The number of nitrogen functional groups attached to an aromatic ring is 1. The molecule has 1 heterocycles. The molecule has 3 N–H and O–H groups in total. The van der Waals surface area contributed by atoms with Crippen molar-refractivity contribution in [2.45, 2.75) is 11.8 Å². The first-order chi connectivity index (χ1) is 8.38. The Balaban J connectivity index is 2.33. The molecular weight excluding hydrogens is 277 g/mol. The standard InChI is InChI=1S/C10H10FN3O2S2/c1-6-5-17-10(13-6)14-18(15,16)7-2-3-8(11)9(12)4-7/h2-5H,12H2,1H3,(H,13,14). The molecule has 0 spiro atoms. The molecule has 0 saturated carbocycles. The van der Waals surface area contributed by atoms with E-state index in [1.54, 1.807) is 12.3 Å². The first-order valence-corrected chi connectivity index (χ1v) is 7.25. The second-order valence-corrected chi connectivity index (χ2v) is 6.12. The van der Waals surface area contributed by atoms with Gasteiger partial charge < -0.3 is 5.73 Å². The maximum Gasteiger partial charge on any atom is 0.263 e. The SMILES string of the molecule is Cc1csc(NS(=O)(=O)c2ccc(F)c(N)c2)n1. The molecule has 5 nitrogen and oxygen atoms in total. The number of aryl methyl sites for hydroxylation is 1. The molecule has 0 atom stereocenters. The van der Waals surface area contributed by atoms with E-state index in [2.05, 4.69) is 9.71 Å². The molecule has 2 aromatic rings.